The summed E-state index contributed by atoms with van der Waals surface area (Å²) in [4.78, 5) is 9.59. The lowest BCUT2D eigenvalue weighted by Crippen LogP contribution is -2.45. The van der Waals surface area contributed by atoms with Gasteiger partial charge in [0, 0.05) is 37.4 Å². The van der Waals surface area contributed by atoms with E-state index < -0.39 is 0 Å². The summed E-state index contributed by atoms with van der Waals surface area (Å²) in [5.41, 5.74) is 2.35. The number of aliphatic hydroxyl groups is 1. The van der Waals surface area contributed by atoms with Gasteiger partial charge in [-0.1, -0.05) is 25.3 Å². The van der Waals surface area contributed by atoms with E-state index in [9.17, 15) is 5.11 Å². The molecule has 0 unspecified atom stereocenters. The smallest absolute Gasteiger partial charge is 0.133 e. The van der Waals surface area contributed by atoms with Crippen LogP contribution in [0, 0.1) is 6.92 Å². The standard InChI is InChI=1S/C18H29N3O/c1-14-8-9-15-12-21(16-6-4-3-5-7-16)11-10-17(13-22)20(2)18(15)19-14/h8-9,16-17,22H,3-7,10-13H2,1-2H3/t17-/m0/s1. The van der Waals surface area contributed by atoms with Crippen LogP contribution in [-0.4, -0.2) is 47.3 Å². The molecule has 4 nitrogen and oxygen atoms in total. The lowest BCUT2D eigenvalue weighted by molar-refractivity contribution is 0.133. The molecule has 3 rings (SSSR count). The van der Waals surface area contributed by atoms with Crippen LogP contribution in [0.2, 0.25) is 0 Å². The number of aromatic nitrogens is 1. The summed E-state index contributed by atoms with van der Waals surface area (Å²) in [6.45, 7) is 4.31. The van der Waals surface area contributed by atoms with Crippen LogP contribution in [0.5, 0.6) is 0 Å². The summed E-state index contributed by atoms with van der Waals surface area (Å²) < 4.78 is 0. The first-order valence-electron chi connectivity index (χ1n) is 8.73. The summed E-state index contributed by atoms with van der Waals surface area (Å²) in [6.07, 6.45) is 7.79. The van der Waals surface area contributed by atoms with Crippen molar-refractivity contribution in [2.24, 2.45) is 0 Å². The van der Waals surface area contributed by atoms with E-state index in [0.29, 0.717) is 6.04 Å². The van der Waals surface area contributed by atoms with Gasteiger partial charge in [-0.3, -0.25) is 4.90 Å². The van der Waals surface area contributed by atoms with Crippen molar-refractivity contribution in [2.45, 2.75) is 64.1 Å². The van der Waals surface area contributed by atoms with Crippen LogP contribution in [0.15, 0.2) is 12.1 Å². The molecule has 1 N–H and O–H groups in total. The zero-order valence-electron chi connectivity index (χ0n) is 14.0. The minimum Gasteiger partial charge on any atom is -0.394 e. The molecule has 1 aromatic rings. The normalized spacial score (nSPS) is 24.7. The number of aryl methyl sites for hydroxylation is 1. The van der Waals surface area contributed by atoms with Crippen molar-refractivity contribution in [3.8, 4) is 0 Å². The monoisotopic (exact) mass is 303 g/mol. The number of hydrogen-bond donors (Lipinski definition) is 1. The van der Waals surface area contributed by atoms with E-state index in [2.05, 4.69) is 29.0 Å². The lowest BCUT2D eigenvalue weighted by Gasteiger charge is -2.40. The largest absolute Gasteiger partial charge is 0.394 e. The molecule has 0 aromatic carbocycles. The lowest BCUT2D eigenvalue weighted by atomic mass is 9.93. The number of aliphatic hydroxyl groups excluding tert-OH is 1. The number of nitrogens with zero attached hydrogens (tertiary/aromatic N) is 3. The molecule has 2 heterocycles. The molecule has 0 spiro atoms. The number of anilines is 1. The van der Waals surface area contributed by atoms with Crippen LogP contribution in [0.4, 0.5) is 5.82 Å². The molecule has 22 heavy (non-hydrogen) atoms. The molecule has 0 amide bonds. The second kappa shape index (κ2) is 6.97. The fourth-order valence-corrected chi connectivity index (χ4v) is 3.95. The van der Waals surface area contributed by atoms with E-state index in [1.807, 2.05) is 6.92 Å². The molecular formula is C18H29N3O. The van der Waals surface area contributed by atoms with Gasteiger partial charge in [0.15, 0.2) is 0 Å². The highest BCUT2D eigenvalue weighted by atomic mass is 16.3. The average molecular weight is 303 g/mol. The van der Waals surface area contributed by atoms with Crippen LogP contribution < -0.4 is 4.90 Å². The fraction of sp³-hybridized carbons (Fsp3) is 0.722. The molecule has 0 saturated heterocycles. The number of rotatable bonds is 2. The Bertz CT molecular complexity index is 499. The molecule has 1 aromatic heterocycles. The maximum Gasteiger partial charge on any atom is 0.133 e. The van der Waals surface area contributed by atoms with Crippen molar-refractivity contribution in [1.29, 1.82) is 0 Å². The zero-order chi connectivity index (χ0) is 15.5. The Kier molecular flexibility index (Phi) is 4.99. The van der Waals surface area contributed by atoms with Crippen LogP contribution in [-0.2, 0) is 6.54 Å². The van der Waals surface area contributed by atoms with E-state index in [-0.39, 0.29) is 12.6 Å². The summed E-state index contributed by atoms with van der Waals surface area (Å²) in [6, 6.07) is 5.22. The van der Waals surface area contributed by atoms with E-state index >= 15 is 0 Å². The van der Waals surface area contributed by atoms with E-state index in [4.69, 9.17) is 4.98 Å². The van der Waals surface area contributed by atoms with Gasteiger partial charge in [0.25, 0.3) is 0 Å². The van der Waals surface area contributed by atoms with Gasteiger partial charge in [0.1, 0.15) is 5.82 Å². The average Bonchev–Trinajstić information content (AvgIpc) is 2.54. The van der Waals surface area contributed by atoms with Gasteiger partial charge in [0.05, 0.1) is 12.6 Å². The van der Waals surface area contributed by atoms with Crippen molar-refractivity contribution in [3.05, 3.63) is 23.4 Å². The van der Waals surface area contributed by atoms with Crippen molar-refractivity contribution in [2.75, 3.05) is 25.1 Å². The first-order chi connectivity index (χ1) is 10.7. The van der Waals surface area contributed by atoms with E-state index in [1.54, 1.807) is 0 Å². The number of fused-ring (bicyclic) bond motifs is 1. The molecule has 1 aliphatic heterocycles. The van der Waals surface area contributed by atoms with Gasteiger partial charge in [-0.15, -0.1) is 0 Å². The second-order valence-electron chi connectivity index (χ2n) is 6.93. The molecule has 4 heteroatoms. The second-order valence-corrected chi connectivity index (χ2v) is 6.93. The quantitative estimate of drug-likeness (QED) is 0.912. The maximum atomic E-state index is 9.78. The molecule has 1 atom stereocenters. The molecular weight excluding hydrogens is 274 g/mol. The van der Waals surface area contributed by atoms with E-state index in [0.717, 1.165) is 31.0 Å². The van der Waals surface area contributed by atoms with Crippen molar-refractivity contribution in [1.82, 2.24) is 9.88 Å². The molecule has 122 valence electrons. The Labute approximate surface area is 134 Å². The fourth-order valence-electron chi connectivity index (χ4n) is 3.95. The third-order valence-electron chi connectivity index (χ3n) is 5.40. The van der Waals surface area contributed by atoms with Gasteiger partial charge < -0.3 is 10.0 Å². The highest BCUT2D eigenvalue weighted by molar-refractivity contribution is 5.48. The first-order valence-corrected chi connectivity index (χ1v) is 8.73. The van der Waals surface area contributed by atoms with Crippen molar-refractivity contribution >= 4 is 5.82 Å². The molecule has 2 aliphatic rings. The number of pyridine rings is 1. The SMILES string of the molecule is Cc1ccc2c(n1)N(C)[C@H](CO)CCN(C1CCCCC1)C2. The van der Waals surface area contributed by atoms with Gasteiger partial charge >= 0.3 is 0 Å². The Morgan fingerprint density at radius 1 is 1.18 bits per heavy atom. The number of likely N-dealkylation sites (N-methyl/N-ethyl adjacent to an activating group) is 1. The van der Waals surface area contributed by atoms with Crippen LogP contribution >= 0.6 is 0 Å². The zero-order valence-corrected chi connectivity index (χ0v) is 14.0. The van der Waals surface area contributed by atoms with Crippen LogP contribution in [0.25, 0.3) is 0 Å². The highest BCUT2D eigenvalue weighted by Crippen LogP contribution is 2.29. The molecule has 0 bridgehead atoms. The van der Waals surface area contributed by atoms with Crippen molar-refractivity contribution in [3.63, 3.8) is 0 Å². The summed E-state index contributed by atoms with van der Waals surface area (Å²) in [5, 5.41) is 9.78. The number of hydrogen-bond acceptors (Lipinski definition) is 4. The van der Waals surface area contributed by atoms with E-state index in [1.165, 1.54) is 37.7 Å². The summed E-state index contributed by atoms with van der Waals surface area (Å²) in [5.74, 6) is 1.06. The Hall–Kier alpha value is -1.13. The highest BCUT2D eigenvalue weighted by Gasteiger charge is 2.28. The topological polar surface area (TPSA) is 39.6 Å². The Morgan fingerprint density at radius 3 is 2.68 bits per heavy atom. The minimum absolute atomic E-state index is 0.166. The predicted molar refractivity (Wildman–Crippen MR) is 90.2 cm³/mol. The predicted octanol–water partition coefficient (Wildman–Crippen LogP) is 2.73. The third-order valence-corrected chi connectivity index (χ3v) is 5.40. The van der Waals surface area contributed by atoms with Crippen LogP contribution in [0.1, 0.15) is 49.8 Å². The van der Waals surface area contributed by atoms with Gasteiger partial charge in [-0.2, -0.15) is 0 Å². The molecule has 1 fully saturated rings. The van der Waals surface area contributed by atoms with Gasteiger partial charge in [0.2, 0.25) is 0 Å². The Balaban J connectivity index is 1.89. The minimum atomic E-state index is 0.166. The van der Waals surface area contributed by atoms with Crippen molar-refractivity contribution < 1.29 is 5.11 Å². The third kappa shape index (κ3) is 3.28. The maximum absolute atomic E-state index is 9.78. The molecule has 0 radical (unpaired) electrons. The molecule has 1 aliphatic carbocycles. The van der Waals surface area contributed by atoms with Gasteiger partial charge in [-0.25, -0.2) is 4.98 Å². The summed E-state index contributed by atoms with van der Waals surface area (Å²) in [7, 11) is 2.07. The van der Waals surface area contributed by atoms with Crippen LogP contribution in [0.3, 0.4) is 0 Å². The van der Waals surface area contributed by atoms with Gasteiger partial charge in [-0.05, 0) is 32.3 Å². The summed E-state index contributed by atoms with van der Waals surface area (Å²) >= 11 is 0. The first kappa shape index (κ1) is 15.8. The molecule has 1 saturated carbocycles. The Morgan fingerprint density at radius 2 is 1.95 bits per heavy atom.